The number of methoxy groups -OCH3 is 1. The Morgan fingerprint density at radius 2 is 1.30 bits per heavy atom. The van der Waals surface area contributed by atoms with E-state index in [-0.39, 0.29) is 26.2 Å². The second-order valence-electron chi connectivity index (χ2n) is 12.7. The van der Waals surface area contributed by atoms with Gasteiger partial charge in [0, 0.05) is 0 Å². The zero-order chi connectivity index (χ0) is 38.3. The zero-order valence-electron chi connectivity index (χ0n) is 30.4. The number of esters is 2. The molecule has 1 heterocycles. The third kappa shape index (κ3) is 11.2. The summed E-state index contributed by atoms with van der Waals surface area (Å²) in [5, 5.41) is 12.1. The standard InChI is InChI=1S/C42H44N2O10/c1-28(36(40(46)48-3)44-42(47)51-27-32-19-11-6-12-20-32)52-41-39(50-26-31-17-9-5-10-18-31)38(49-25-30-15-7-4-8-16-30)37(29(2)53-41)54-35(45)23-33-21-13-14-22-34(33)24-43/h4-22,28-29,36-39,41H,23,25-27H2,1-3H3,(H,44,47)/t28-,29-,36+,37-,38+,39+,41-/m1/s1. The van der Waals surface area contributed by atoms with E-state index in [0.717, 1.165) is 16.7 Å². The molecular formula is C42H44N2O10. The van der Waals surface area contributed by atoms with Crippen LogP contribution in [-0.2, 0) is 69.0 Å². The molecule has 1 saturated heterocycles. The topological polar surface area (TPSA) is 152 Å². The van der Waals surface area contributed by atoms with Gasteiger partial charge >= 0.3 is 18.0 Å². The molecule has 7 atom stereocenters. The Labute approximate surface area is 314 Å². The number of ether oxygens (including phenoxy) is 7. The highest BCUT2D eigenvalue weighted by molar-refractivity contribution is 5.81. The lowest BCUT2D eigenvalue weighted by atomic mass is 9.98. The summed E-state index contributed by atoms with van der Waals surface area (Å²) in [4.78, 5) is 39.4. The number of hydrogen-bond donors (Lipinski definition) is 1. The minimum Gasteiger partial charge on any atom is -0.467 e. The number of hydrogen-bond acceptors (Lipinski definition) is 11. The van der Waals surface area contributed by atoms with Crippen molar-refractivity contribution in [3.8, 4) is 6.07 Å². The molecule has 5 rings (SSSR count). The SMILES string of the molecule is COC(=O)[C@@H](NC(=O)OCc1ccccc1)[C@@H](C)O[C@@H]1O[C@H](C)[C@@H](OC(=O)Cc2ccccc2C#N)[C@H](OCc2ccccc2)[C@@H]1OCc1ccccc1. The summed E-state index contributed by atoms with van der Waals surface area (Å²) >= 11 is 0. The van der Waals surface area contributed by atoms with Crippen molar-refractivity contribution >= 4 is 18.0 Å². The van der Waals surface area contributed by atoms with Crippen molar-refractivity contribution in [1.82, 2.24) is 5.32 Å². The van der Waals surface area contributed by atoms with Crippen LogP contribution in [0.25, 0.3) is 0 Å². The third-order valence-electron chi connectivity index (χ3n) is 8.80. The molecule has 12 nitrogen and oxygen atoms in total. The van der Waals surface area contributed by atoms with Crippen LogP contribution in [0.5, 0.6) is 0 Å². The van der Waals surface area contributed by atoms with Crippen LogP contribution >= 0.6 is 0 Å². The van der Waals surface area contributed by atoms with Crippen LogP contribution in [0.1, 0.15) is 41.7 Å². The van der Waals surface area contributed by atoms with Crippen molar-refractivity contribution in [3.05, 3.63) is 143 Å². The first-order valence-electron chi connectivity index (χ1n) is 17.6. The first kappa shape index (κ1) is 39.6. The van der Waals surface area contributed by atoms with E-state index >= 15 is 0 Å². The highest BCUT2D eigenvalue weighted by Gasteiger charge is 2.50. The van der Waals surface area contributed by atoms with Gasteiger partial charge in [0.25, 0.3) is 0 Å². The van der Waals surface area contributed by atoms with Gasteiger partial charge in [0.2, 0.25) is 0 Å². The first-order chi connectivity index (χ1) is 26.2. The highest BCUT2D eigenvalue weighted by Crippen LogP contribution is 2.32. The Hall–Kier alpha value is -5.58. The highest BCUT2D eigenvalue weighted by atomic mass is 16.7. The number of alkyl carbamates (subject to hydrolysis) is 1. The fourth-order valence-electron chi connectivity index (χ4n) is 5.95. The molecule has 0 unspecified atom stereocenters. The zero-order valence-corrected chi connectivity index (χ0v) is 30.4. The lowest BCUT2D eigenvalue weighted by molar-refractivity contribution is -0.323. The predicted octanol–water partition coefficient (Wildman–Crippen LogP) is 5.80. The summed E-state index contributed by atoms with van der Waals surface area (Å²) in [5.41, 5.74) is 3.36. The normalized spacial score (nSPS) is 20.4. The summed E-state index contributed by atoms with van der Waals surface area (Å²) in [6, 6.07) is 35.6. The van der Waals surface area contributed by atoms with Gasteiger partial charge in [0.1, 0.15) is 18.8 Å². The van der Waals surface area contributed by atoms with Crippen LogP contribution in [0.4, 0.5) is 4.79 Å². The van der Waals surface area contributed by atoms with Crippen molar-refractivity contribution in [2.24, 2.45) is 0 Å². The number of rotatable bonds is 16. The van der Waals surface area contributed by atoms with Crippen molar-refractivity contribution in [1.29, 1.82) is 5.26 Å². The van der Waals surface area contributed by atoms with Gasteiger partial charge in [0.15, 0.2) is 18.4 Å². The predicted molar refractivity (Wildman–Crippen MR) is 195 cm³/mol. The second kappa shape index (κ2) is 20.0. The average Bonchev–Trinajstić information content (AvgIpc) is 3.20. The fraction of sp³-hybridized carbons (Fsp3) is 0.333. The van der Waals surface area contributed by atoms with Crippen molar-refractivity contribution in [2.75, 3.05) is 7.11 Å². The van der Waals surface area contributed by atoms with E-state index in [1.807, 2.05) is 78.9 Å². The maximum atomic E-state index is 13.5. The number of carbonyl (C=O) groups is 3. The quantitative estimate of drug-likeness (QED) is 0.110. The Morgan fingerprint density at radius 1 is 0.759 bits per heavy atom. The molecule has 0 saturated carbocycles. The molecule has 0 radical (unpaired) electrons. The van der Waals surface area contributed by atoms with Gasteiger partial charge in [-0.15, -0.1) is 0 Å². The molecule has 54 heavy (non-hydrogen) atoms. The van der Waals surface area contributed by atoms with E-state index in [4.69, 9.17) is 33.2 Å². The van der Waals surface area contributed by atoms with E-state index in [1.165, 1.54) is 7.11 Å². The van der Waals surface area contributed by atoms with E-state index in [9.17, 15) is 19.6 Å². The molecule has 4 aromatic rings. The molecule has 0 bridgehead atoms. The van der Waals surface area contributed by atoms with Crippen molar-refractivity contribution < 1.29 is 47.5 Å². The van der Waals surface area contributed by atoms with E-state index in [0.29, 0.717) is 11.1 Å². The number of benzene rings is 4. The van der Waals surface area contributed by atoms with Crippen LogP contribution in [0.3, 0.4) is 0 Å². The van der Waals surface area contributed by atoms with Gasteiger partial charge in [-0.3, -0.25) is 4.79 Å². The van der Waals surface area contributed by atoms with Crippen LogP contribution in [-0.4, -0.2) is 68.0 Å². The third-order valence-corrected chi connectivity index (χ3v) is 8.80. The first-order valence-corrected chi connectivity index (χ1v) is 17.6. The molecule has 1 aliphatic heterocycles. The monoisotopic (exact) mass is 736 g/mol. The number of amides is 1. The lowest BCUT2D eigenvalue weighted by Crippen LogP contribution is -2.62. The maximum Gasteiger partial charge on any atom is 0.408 e. The smallest absolute Gasteiger partial charge is 0.408 e. The molecule has 1 aliphatic rings. The molecule has 1 fully saturated rings. The summed E-state index contributed by atoms with van der Waals surface area (Å²) < 4.78 is 42.3. The largest absolute Gasteiger partial charge is 0.467 e. The summed E-state index contributed by atoms with van der Waals surface area (Å²) in [7, 11) is 1.20. The molecule has 0 spiro atoms. The molecule has 1 amide bonds. The average molecular weight is 737 g/mol. The van der Waals surface area contributed by atoms with Crippen molar-refractivity contribution in [2.45, 2.75) is 82.9 Å². The minimum atomic E-state index is -1.30. The van der Waals surface area contributed by atoms with Gasteiger partial charge in [-0.05, 0) is 42.2 Å². The number of nitrogens with zero attached hydrogens (tertiary/aromatic N) is 1. The Balaban J connectivity index is 1.40. The summed E-state index contributed by atoms with van der Waals surface area (Å²) in [6.07, 6.45) is -6.94. The maximum absolute atomic E-state index is 13.5. The van der Waals surface area contributed by atoms with Crippen LogP contribution in [0.15, 0.2) is 115 Å². The molecule has 4 aromatic carbocycles. The summed E-state index contributed by atoms with van der Waals surface area (Å²) in [5.74, 6) is -1.36. The second-order valence-corrected chi connectivity index (χ2v) is 12.7. The van der Waals surface area contributed by atoms with Gasteiger partial charge in [-0.1, -0.05) is 109 Å². The van der Waals surface area contributed by atoms with E-state index in [1.54, 1.807) is 50.2 Å². The van der Waals surface area contributed by atoms with Crippen LogP contribution in [0.2, 0.25) is 0 Å². The molecule has 1 N–H and O–H groups in total. The molecule has 282 valence electrons. The Kier molecular flexibility index (Phi) is 14.7. The Morgan fingerprint density at radius 3 is 1.87 bits per heavy atom. The lowest BCUT2D eigenvalue weighted by Gasteiger charge is -2.45. The molecule has 0 aliphatic carbocycles. The Bertz CT molecular complexity index is 1840. The number of nitriles is 1. The van der Waals surface area contributed by atoms with Gasteiger partial charge in [0.05, 0.1) is 50.6 Å². The van der Waals surface area contributed by atoms with Crippen LogP contribution in [0, 0.1) is 11.3 Å². The van der Waals surface area contributed by atoms with E-state index in [2.05, 4.69) is 11.4 Å². The number of nitrogens with one attached hydrogen (secondary N) is 1. The van der Waals surface area contributed by atoms with Gasteiger partial charge in [-0.25, -0.2) is 9.59 Å². The fourth-order valence-corrected chi connectivity index (χ4v) is 5.95. The van der Waals surface area contributed by atoms with Gasteiger partial charge < -0.3 is 38.5 Å². The van der Waals surface area contributed by atoms with E-state index < -0.39 is 60.9 Å². The molecule has 12 heteroatoms. The van der Waals surface area contributed by atoms with Crippen molar-refractivity contribution in [3.63, 3.8) is 0 Å². The van der Waals surface area contributed by atoms with Crippen LogP contribution < -0.4 is 5.32 Å². The summed E-state index contributed by atoms with van der Waals surface area (Å²) in [6.45, 7) is 3.53. The number of carbonyl (C=O) groups excluding carboxylic acids is 3. The van der Waals surface area contributed by atoms with Gasteiger partial charge in [-0.2, -0.15) is 5.26 Å². The molecular weight excluding hydrogens is 692 g/mol. The minimum absolute atomic E-state index is 0.0168. The molecule has 0 aromatic heterocycles.